The van der Waals surface area contributed by atoms with E-state index in [4.69, 9.17) is 16.3 Å². The van der Waals surface area contributed by atoms with E-state index >= 15 is 0 Å². The van der Waals surface area contributed by atoms with Gasteiger partial charge in [0.1, 0.15) is 5.75 Å². The zero-order valence-electron chi connectivity index (χ0n) is 16.8. The van der Waals surface area contributed by atoms with Crippen molar-refractivity contribution in [2.75, 3.05) is 26.0 Å². The number of carbonyl (C=O) groups excluding carboxylic acids is 2. The standard InChI is InChI=1S/C22H23ClN4O3/c1-26(15-21(28)25-19-12-17(23)9-10-20(19)30-2)22(29)11-8-16-13-24-27(14-16)18-6-4-3-5-7-18/h3-7,9-10,12-14H,8,11,15H2,1-2H3,(H,25,28). The molecule has 7 nitrogen and oxygen atoms in total. The molecule has 0 radical (unpaired) electrons. The molecule has 156 valence electrons. The fourth-order valence-corrected chi connectivity index (χ4v) is 3.10. The molecular weight excluding hydrogens is 404 g/mol. The predicted octanol–water partition coefficient (Wildman–Crippen LogP) is 3.56. The Bertz CT molecular complexity index is 1020. The molecule has 30 heavy (non-hydrogen) atoms. The van der Waals surface area contributed by atoms with Crippen LogP contribution >= 0.6 is 11.6 Å². The van der Waals surface area contributed by atoms with Crippen LogP contribution < -0.4 is 10.1 Å². The lowest BCUT2D eigenvalue weighted by molar-refractivity contribution is -0.133. The van der Waals surface area contributed by atoms with Crippen LogP contribution in [-0.2, 0) is 16.0 Å². The number of nitrogens with one attached hydrogen (secondary N) is 1. The van der Waals surface area contributed by atoms with Gasteiger partial charge in [-0.2, -0.15) is 5.10 Å². The van der Waals surface area contributed by atoms with E-state index in [1.165, 1.54) is 12.0 Å². The van der Waals surface area contributed by atoms with Crippen molar-refractivity contribution in [3.63, 3.8) is 0 Å². The third kappa shape index (κ3) is 5.61. The quantitative estimate of drug-likeness (QED) is 0.597. The maximum Gasteiger partial charge on any atom is 0.244 e. The van der Waals surface area contributed by atoms with E-state index in [-0.39, 0.29) is 24.8 Å². The van der Waals surface area contributed by atoms with E-state index in [0.717, 1.165) is 11.3 Å². The summed E-state index contributed by atoms with van der Waals surface area (Å²) in [5.74, 6) is 0.0381. The summed E-state index contributed by atoms with van der Waals surface area (Å²) in [6.07, 6.45) is 4.48. The SMILES string of the molecule is COc1ccc(Cl)cc1NC(=O)CN(C)C(=O)CCc1cnn(-c2ccccc2)c1. The van der Waals surface area contributed by atoms with Crippen molar-refractivity contribution in [2.45, 2.75) is 12.8 Å². The molecule has 3 aromatic rings. The molecule has 1 aromatic heterocycles. The molecule has 0 bridgehead atoms. The van der Waals surface area contributed by atoms with Gasteiger partial charge in [0, 0.05) is 24.7 Å². The molecule has 8 heteroatoms. The van der Waals surface area contributed by atoms with Crippen LogP contribution in [0.1, 0.15) is 12.0 Å². The van der Waals surface area contributed by atoms with Crippen LogP contribution in [0, 0.1) is 0 Å². The molecule has 0 aliphatic carbocycles. The molecule has 3 rings (SSSR count). The van der Waals surface area contributed by atoms with E-state index in [1.54, 1.807) is 36.1 Å². The van der Waals surface area contributed by atoms with Crippen molar-refractivity contribution in [3.8, 4) is 11.4 Å². The highest BCUT2D eigenvalue weighted by molar-refractivity contribution is 6.31. The minimum atomic E-state index is -0.330. The van der Waals surface area contributed by atoms with Crippen molar-refractivity contribution in [1.29, 1.82) is 0 Å². The van der Waals surface area contributed by atoms with Crippen LogP contribution in [0.15, 0.2) is 60.9 Å². The molecular formula is C22H23ClN4O3. The van der Waals surface area contributed by atoms with Crippen molar-refractivity contribution in [3.05, 3.63) is 71.5 Å². The van der Waals surface area contributed by atoms with Crippen molar-refractivity contribution < 1.29 is 14.3 Å². The lowest BCUT2D eigenvalue weighted by atomic mass is 10.2. The Labute approximate surface area is 180 Å². The van der Waals surface area contributed by atoms with Crippen LogP contribution in [0.3, 0.4) is 0 Å². The monoisotopic (exact) mass is 426 g/mol. The Hall–Kier alpha value is -3.32. The molecule has 0 saturated heterocycles. The molecule has 0 spiro atoms. The van der Waals surface area contributed by atoms with Crippen LogP contribution in [0.25, 0.3) is 5.69 Å². The highest BCUT2D eigenvalue weighted by Crippen LogP contribution is 2.27. The number of rotatable bonds is 8. The second-order valence-corrected chi connectivity index (χ2v) is 7.21. The van der Waals surface area contributed by atoms with E-state index < -0.39 is 0 Å². The van der Waals surface area contributed by atoms with Gasteiger partial charge in [0.05, 0.1) is 31.2 Å². The van der Waals surface area contributed by atoms with Gasteiger partial charge >= 0.3 is 0 Å². The highest BCUT2D eigenvalue weighted by atomic mass is 35.5. The lowest BCUT2D eigenvalue weighted by Crippen LogP contribution is -2.35. The number of methoxy groups -OCH3 is 1. The van der Waals surface area contributed by atoms with Gasteiger partial charge in [0.2, 0.25) is 11.8 Å². The normalized spacial score (nSPS) is 10.5. The molecule has 1 heterocycles. The van der Waals surface area contributed by atoms with Gasteiger partial charge in [-0.1, -0.05) is 29.8 Å². The first-order valence-corrected chi connectivity index (χ1v) is 9.80. The van der Waals surface area contributed by atoms with Crippen LogP contribution in [0.2, 0.25) is 5.02 Å². The first-order valence-electron chi connectivity index (χ1n) is 9.42. The Morgan fingerprint density at radius 1 is 1.20 bits per heavy atom. The molecule has 0 aliphatic heterocycles. The number of hydrogen-bond acceptors (Lipinski definition) is 4. The number of aryl methyl sites for hydroxylation is 1. The minimum absolute atomic E-state index is 0.0716. The van der Waals surface area contributed by atoms with Gasteiger partial charge in [-0.05, 0) is 42.3 Å². The first-order chi connectivity index (χ1) is 14.5. The summed E-state index contributed by atoms with van der Waals surface area (Å²) in [5.41, 5.74) is 2.37. The number of benzene rings is 2. The Morgan fingerprint density at radius 2 is 1.97 bits per heavy atom. The minimum Gasteiger partial charge on any atom is -0.495 e. The van der Waals surface area contributed by atoms with E-state index in [2.05, 4.69) is 10.4 Å². The Balaban J connectivity index is 1.51. The Morgan fingerprint density at radius 3 is 2.70 bits per heavy atom. The first kappa shape index (κ1) is 21.4. The molecule has 1 N–H and O–H groups in total. The number of ether oxygens (including phenoxy) is 1. The topological polar surface area (TPSA) is 76.5 Å². The molecule has 0 saturated carbocycles. The van der Waals surface area contributed by atoms with Crippen molar-refractivity contribution in [1.82, 2.24) is 14.7 Å². The number of para-hydroxylation sites is 1. The summed E-state index contributed by atoms with van der Waals surface area (Å²) in [5, 5.41) is 7.54. The van der Waals surface area contributed by atoms with E-state index in [9.17, 15) is 9.59 Å². The average molecular weight is 427 g/mol. The number of carbonyl (C=O) groups is 2. The molecule has 0 atom stereocenters. The second kappa shape index (κ2) is 9.93. The largest absolute Gasteiger partial charge is 0.495 e. The number of anilines is 1. The van der Waals surface area contributed by atoms with Gasteiger partial charge in [0.15, 0.2) is 0 Å². The highest BCUT2D eigenvalue weighted by Gasteiger charge is 2.15. The predicted molar refractivity (Wildman–Crippen MR) is 116 cm³/mol. The van der Waals surface area contributed by atoms with Crippen molar-refractivity contribution in [2.24, 2.45) is 0 Å². The van der Waals surface area contributed by atoms with E-state index in [1.807, 2.05) is 36.5 Å². The number of aromatic nitrogens is 2. The summed E-state index contributed by atoms with van der Waals surface area (Å²) in [4.78, 5) is 26.2. The van der Waals surface area contributed by atoms with Crippen LogP contribution in [-0.4, -0.2) is 47.2 Å². The van der Waals surface area contributed by atoms with Gasteiger partial charge in [-0.3, -0.25) is 9.59 Å². The Kier molecular flexibility index (Phi) is 7.08. The number of hydrogen-bond donors (Lipinski definition) is 1. The molecule has 2 aromatic carbocycles. The summed E-state index contributed by atoms with van der Waals surface area (Å²) in [7, 11) is 3.11. The number of nitrogens with zero attached hydrogens (tertiary/aromatic N) is 3. The van der Waals surface area contributed by atoms with Gasteiger partial charge in [-0.15, -0.1) is 0 Å². The summed E-state index contributed by atoms with van der Waals surface area (Å²) < 4.78 is 6.99. The van der Waals surface area contributed by atoms with Crippen LogP contribution in [0.4, 0.5) is 5.69 Å². The van der Waals surface area contributed by atoms with Gasteiger partial charge < -0.3 is 15.0 Å². The van der Waals surface area contributed by atoms with Gasteiger partial charge in [0.25, 0.3) is 0 Å². The number of halogens is 1. The lowest BCUT2D eigenvalue weighted by Gasteiger charge is -2.17. The average Bonchev–Trinajstić information content (AvgIpc) is 3.22. The smallest absolute Gasteiger partial charge is 0.244 e. The third-order valence-electron chi connectivity index (χ3n) is 4.53. The molecule has 2 amide bonds. The van der Waals surface area contributed by atoms with Crippen molar-refractivity contribution >= 4 is 29.1 Å². The van der Waals surface area contributed by atoms with Gasteiger partial charge in [-0.25, -0.2) is 4.68 Å². The van der Waals surface area contributed by atoms with E-state index in [0.29, 0.717) is 22.9 Å². The second-order valence-electron chi connectivity index (χ2n) is 6.77. The zero-order valence-corrected chi connectivity index (χ0v) is 17.6. The molecule has 0 unspecified atom stereocenters. The number of likely N-dealkylation sites (N-methyl/N-ethyl adjacent to an activating group) is 1. The zero-order chi connectivity index (χ0) is 21.5. The molecule has 0 fully saturated rings. The number of amides is 2. The maximum absolute atomic E-state index is 12.4. The third-order valence-corrected chi connectivity index (χ3v) is 4.76. The maximum atomic E-state index is 12.4. The fraction of sp³-hybridized carbons (Fsp3) is 0.227. The summed E-state index contributed by atoms with van der Waals surface area (Å²) in [6.45, 7) is -0.0716. The molecule has 0 aliphatic rings. The van der Waals surface area contributed by atoms with Crippen LogP contribution in [0.5, 0.6) is 5.75 Å². The fourth-order valence-electron chi connectivity index (χ4n) is 2.92. The summed E-state index contributed by atoms with van der Waals surface area (Å²) in [6, 6.07) is 14.7. The summed E-state index contributed by atoms with van der Waals surface area (Å²) >= 11 is 5.98.